The van der Waals surface area contributed by atoms with Gasteiger partial charge in [0.05, 0.1) is 10.4 Å². The molecule has 3 aromatic rings. The van der Waals surface area contributed by atoms with Gasteiger partial charge in [-0.15, -0.1) is 12.4 Å². The smallest absolute Gasteiger partial charge is 0.258 e. The average Bonchev–Trinajstić information content (AvgIpc) is 3.16. The van der Waals surface area contributed by atoms with Crippen molar-refractivity contribution >= 4 is 22.4 Å². The average molecular weight is 435 g/mol. The third kappa shape index (κ3) is 4.35. The molecule has 3 N–H and O–H groups in total. The molecular weight excluding hydrogens is 412 g/mol. The summed E-state index contributed by atoms with van der Waals surface area (Å²) in [7, 11) is -3.69. The van der Waals surface area contributed by atoms with E-state index in [0.29, 0.717) is 11.4 Å². The molecule has 0 radical (unpaired) electrons. The second-order valence-electron chi connectivity index (χ2n) is 7.22. The maximum absolute atomic E-state index is 12.7. The Balaban J connectivity index is 0.00000240. The van der Waals surface area contributed by atoms with Gasteiger partial charge in [0.25, 0.3) is 5.89 Å². The molecular formula is C20H23ClN4O3S. The van der Waals surface area contributed by atoms with E-state index in [-0.39, 0.29) is 29.7 Å². The van der Waals surface area contributed by atoms with Crippen molar-refractivity contribution in [2.45, 2.75) is 43.2 Å². The normalized spacial score (nSPS) is 15.4. The Bertz CT molecular complexity index is 1100. The minimum Gasteiger partial charge on any atom is -0.334 e. The zero-order chi connectivity index (χ0) is 19.8. The predicted octanol–water partition coefficient (Wildman–Crippen LogP) is 3.28. The number of aryl methyl sites for hydroxylation is 1. The molecule has 0 bridgehead atoms. The molecule has 1 aliphatic rings. The Kier molecular flexibility index (Phi) is 6.09. The molecule has 0 saturated heterocycles. The summed E-state index contributed by atoms with van der Waals surface area (Å²) in [5, 5.41) is 4.02. The molecule has 0 amide bonds. The molecule has 154 valence electrons. The van der Waals surface area contributed by atoms with Crippen molar-refractivity contribution in [1.82, 2.24) is 14.9 Å². The molecule has 0 aliphatic heterocycles. The van der Waals surface area contributed by atoms with Gasteiger partial charge in [-0.1, -0.05) is 41.6 Å². The zero-order valence-corrected chi connectivity index (χ0v) is 17.6. The molecule has 1 heterocycles. The number of sulfonamides is 1. The maximum atomic E-state index is 12.7. The predicted molar refractivity (Wildman–Crippen MR) is 112 cm³/mol. The van der Waals surface area contributed by atoms with Crippen LogP contribution in [0.5, 0.6) is 0 Å². The van der Waals surface area contributed by atoms with Crippen molar-refractivity contribution in [3.05, 3.63) is 65.5 Å². The van der Waals surface area contributed by atoms with Crippen molar-refractivity contribution in [2.24, 2.45) is 5.73 Å². The lowest BCUT2D eigenvalue weighted by Gasteiger charge is -2.34. The van der Waals surface area contributed by atoms with Crippen LogP contribution in [0.25, 0.3) is 11.5 Å². The molecule has 2 aromatic carbocycles. The van der Waals surface area contributed by atoms with Crippen LogP contribution in [-0.2, 0) is 22.1 Å². The molecule has 1 aromatic heterocycles. The molecule has 29 heavy (non-hydrogen) atoms. The lowest BCUT2D eigenvalue weighted by atomic mass is 9.77. The molecule has 4 rings (SSSR count). The van der Waals surface area contributed by atoms with Gasteiger partial charge in [-0.2, -0.15) is 4.98 Å². The van der Waals surface area contributed by atoms with E-state index < -0.39 is 15.6 Å². The number of hydrogen-bond acceptors (Lipinski definition) is 6. The van der Waals surface area contributed by atoms with Gasteiger partial charge in [0, 0.05) is 12.1 Å². The van der Waals surface area contributed by atoms with E-state index >= 15 is 0 Å². The largest absolute Gasteiger partial charge is 0.334 e. The van der Waals surface area contributed by atoms with E-state index in [1.165, 1.54) is 0 Å². The number of hydrogen-bond donors (Lipinski definition) is 2. The number of nitrogens with zero attached hydrogens (tertiary/aromatic N) is 2. The Labute approximate surface area is 176 Å². The fourth-order valence-corrected chi connectivity index (χ4v) is 4.22. The first-order valence-electron chi connectivity index (χ1n) is 9.15. The number of nitrogens with two attached hydrogens (primary N) is 1. The monoisotopic (exact) mass is 434 g/mol. The molecule has 0 unspecified atom stereocenters. The summed E-state index contributed by atoms with van der Waals surface area (Å²) in [6, 6.07) is 14.2. The van der Waals surface area contributed by atoms with Crippen LogP contribution in [-0.4, -0.2) is 18.6 Å². The number of nitrogens with one attached hydrogen (secondary N) is 1. The van der Waals surface area contributed by atoms with E-state index in [0.717, 1.165) is 30.4 Å². The van der Waals surface area contributed by atoms with E-state index in [2.05, 4.69) is 14.9 Å². The summed E-state index contributed by atoms with van der Waals surface area (Å²) in [4.78, 5) is 4.58. The van der Waals surface area contributed by atoms with Crippen molar-refractivity contribution in [1.29, 1.82) is 0 Å². The standard InChI is InChI=1S/C20H22N4O3S.ClH/c1-14-8-9-16(28(25,26)22-13-15-6-3-2-4-7-15)12-17(14)18-23-19(24-27-18)20(21)10-5-11-20;/h2-4,6-9,12,22H,5,10-11,13,21H2,1H3;1H. The quantitative estimate of drug-likeness (QED) is 0.615. The third-order valence-electron chi connectivity index (χ3n) is 5.18. The Hall–Kier alpha value is -2.26. The highest BCUT2D eigenvalue weighted by Crippen LogP contribution is 2.38. The van der Waals surface area contributed by atoms with Crippen LogP contribution in [0.3, 0.4) is 0 Å². The highest BCUT2D eigenvalue weighted by molar-refractivity contribution is 7.89. The summed E-state index contributed by atoms with van der Waals surface area (Å²) in [6.45, 7) is 2.08. The molecule has 1 aliphatic carbocycles. The van der Waals surface area contributed by atoms with Crippen LogP contribution in [0.4, 0.5) is 0 Å². The number of benzene rings is 2. The Morgan fingerprint density at radius 1 is 1.17 bits per heavy atom. The summed E-state index contributed by atoms with van der Waals surface area (Å²) < 4.78 is 33.5. The SMILES string of the molecule is Cc1ccc(S(=O)(=O)NCc2ccccc2)cc1-c1nc(C2(N)CCC2)no1.Cl. The van der Waals surface area contributed by atoms with Gasteiger partial charge in [-0.05, 0) is 49.4 Å². The van der Waals surface area contributed by atoms with Crippen molar-refractivity contribution in [2.75, 3.05) is 0 Å². The van der Waals surface area contributed by atoms with E-state index in [1.54, 1.807) is 18.2 Å². The molecule has 0 atom stereocenters. The van der Waals surface area contributed by atoms with E-state index in [4.69, 9.17) is 10.3 Å². The van der Waals surface area contributed by atoms with Crippen molar-refractivity contribution in [3.8, 4) is 11.5 Å². The van der Waals surface area contributed by atoms with Crippen molar-refractivity contribution < 1.29 is 12.9 Å². The molecule has 7 nitrogen and oxygen atoms in total. The maximum Gasteiger partial charge on any atom is 0.258 e. The summed E-state index contributed by atoms with van der Waals surface area (Å²) >= 11 is 0. The molecule has 1 saturated carbocycles. The number of rotatable bonds is 6. The van der Waals surface area contributed by atoms with Crippen LogP contribution in [0.15, 0.2) is 57.9 Å². The van der Waals surface area contributed by atoms with Gasteiger partial charge in [-0.25, -0.2) is 13.1 Å². The van der Waals surface area contributed by atoms with Crippen LogP contribution < -0.4 is 10.5 Å². The molecule has 9 heteroatoms. The van der Waals surface area contributed by atoms with E-state index in [9.17, 15) is 8.42 Å². The second-order valence-corrected chi connectivity index (χ2v) is 8.99. The van der Waals surface area contributed by atoms with Gasteiger partial charge >= 0.3 is 0 Å². The highest BCUT2D eigenvalue weighted by Gasteiger charge is 2.39. The Morgan fingerprint density at radius 2 is 1.90 bits per heavy atom. The first-order valence-corrected chi connectivity index (χ1v) is 10.6. The van der Waals surface area contributed by atoms with E-state index in [1.807, 2.05) is 37.3 Å². The first kappa shape index (κ1) is 21.4. The van der Waals surface area contributed by atoms with Gasteiger partial charge in [0.1, 0.15) is 0 Å². The fourth-order valence-electron chi connectivity index (χ4n) is 3.17. The van der Waals surface area contributed by atoms with Crippen LogP contribution in [0, 0.1) is 6.92 Å². The van der Waals surface area contributed by atoms with Crippen LogP contribution in [0.2, 0.25) is 0 Å². The molecule has 1 fully saturated rings. The van der Waals surface area contributed by atoms with Crippen LogP contribution >= 0.6 is 12.4 Å². The van der Waals surface area contributed by atoms with Gasteiger partial charge in [-0.3, -0.25) is 0 Å². The van der Waals surface area contributed by atoms with Gasteiger partial charge < -0.3 is 10.3 Å². The zero-order valence-electron chi connectivity index (χ0n) is 16.0. The third-order valence-corrected chi connectivity index (χ3v) is 6.57. The summed E-state index contributed by atoms with van der Waals surface area (Å²) in [6.07, 6.45) is 2.69. The van der Waals surface area contributed by atoms with Gasteiger partial charge in [0.15, 0.2) is 5.82 Å². The second kappa shape index (κ2) is 8.23. The lowest BCUT2D eigenvalue weighted by molar-refractivity contribution is 0.229. The lowest BCUT2D eigenvalue weighted by Crippen LogP contribution is -2.44. The fraction of sp³-hybridized carbons (Fsp3) is 0.300. The minimum absolute atomic E-state index is 0. The number of aromatic nitrogens is 2. The van der Waals surface area contributed by atoms with Crippen LogP contribution in [0.1, 0.15) is 36.2 Å². The topological polar surface area (TPSA) is 111 Å². The first-order chi connectivity index (χ1) is 13.4. The van der Waals surface area contributed by atoms with Gasteiger partial charge in [0.2, 0.25) is 10.0 Å². The molecule has 0 spiro atoms. The highest BCUT2D eigenvalue weighted by atomic mass is 35.5. The summed E-state index contributed by atoms with van der Waals surface area (Å²) in [5.74, 6) is 0.757. The summed E-state index contributed by atoms with van der Waals surface area (Å²) in [5.41, 5.74) is 8.04. The minimum atomic E-state index is -3.69. The number of halogens is 1. The van der Waals surface area contributed by atoms with Crippen molar-refractivity contribution in [3.63, 3.8) is 0 Å². The Morgan fingerprint density at radius 3 is 2.55 bits per heavy atom.